The first kappa shape index (κ1) is 25.7. The Kier molecular flexibility index (Phi) is 5.70. The molecule has 12 heteroatoms. The Hall–Kier alpha value is -3.25. The Labute approximate surface area is 231 Å². The molecule has 2 bridgehead atoms. The fourth-order valence-corrected chi connectivity index (χ4v) is 10.6. The second kappa shape index (κ2) is 8.87. The number of amidine groups is 1. The van der Waals surface area contributed by atoms with Crippen molar-refractivity contribution in [3.8, 4) is 0 Å². The van der Waals surface area contributed by atoms with E-state index in [2.05, 4.69) is 9.71 Å². The van der Waals surface area contributed by atoms with Gasteiger partial charge in [-0.1, -0.05) is 18.2 Å². The molecule has 2 aliphatic carbocycles. The number of rotatable bonds is 4. The van der Waals surface area contributed by atoms with Crippen molar-refractivity contribution in [3.05, 3.63) is 70.7 Å². The molecule has 2 aromatic carbocycles. The van der Waals surface area contributed by atoms with Gasteiger partial charge in [-0.05, 0) is 79.3 Å². The lowest BCUT2D eigenvalue weighted by Crippen LogP contribution is -2.53. The van der Waals surface area contributed by atoms with E-state index in [1.54, 1.807) is 23.1 Å². The van der Waals surface area contributed by atoms with Crippen LogP contribution in [0.15, 0.2) is 63.1 Å². The van der Waals surface area contributed by atoms with Crippen molar-refractivity contribution in [2.24, 2.45) is 22.2 Å². The molecule has 2 saturated carbocycles. The molecule has 0 spiro atoms. The van der Waals surface area contributed by atoms with Gasteiger partial charge in [0.05, 0.1) is 16.7 Å². The number of amides is 1. The van der Waals surface area contributed by atoms with E-state index >= 15 is 0 Å². The van der Waals surface area contributed by atoms with Gasteiger partial charge < -0.3 is 15.3 Å². The lowest BCUT2D eigenvalue weighted by molar-refractivity contribution is -0.134. The maximum Gasteiger partial charge on any atom is 0.286 e. The predicted octanol–water partition coefficient (Wildman–Crippen LogP) is 3.86. The molecule has 2 aromatic rings. The largest absolute Gasteiger partial charge is 0.511 e. The van der Waals surface area contributed by atoms with Crippen LogP contribution in [0.1, 0.15) is 48.5 Å². The lowest BCUT2D eigenvalue weighted by atomic mass is 9.77. The van der Waals surface area contributed by atoms with Crippen LogP contribution in [0.5, 0.6) is 0 Å². The van der Waals surface area contributed by atoms with Crippen molar-refractivity contribution in [2.45, 2.75) is 54.8 Å². The molecular formula is C28H28FN3O6S2. The lowest BCUT2D eigenvalue weighted by Gasteiger charge is -2.44. The van der Waals surface area contributed by atoms with Gasteiger partial charge in [0.25, 0.3) is 15.9 Å². The smallest absolute Gasteiger partial charge is 0.286 e. The zero-order valence-electron chi connectivity index (χ0n) is 21.5. The maximum absolute atomic E-state index is 14.0. The molecular weight excluding hydrogens is 557 g/mol. The van der Waals surface area contributed by atoms with Gasteiger partial charge in [-0.2, -0.15) is 8.42 Å². The Balaban J connectivity index is 1.28. The second-order valence-corrected chi connectivity index (χ2v) is 15.3. The molecule has 3 aliphatic heterocycles. The molecule has 0 aromatic heterocycles. The van der Waals surface area contributed by atoms with E-state index in [-0.39, 0.29) is 69.7 Å². The zero-order chi connectivity index (χ0) is 28.0. The number of benzene rings is 2. The molecule has 1 amide bonds. The Morgan fingerprint density at radius 1 is 1.02 bits per heavy atom. The SMILES string of the molecule is O=C1C(C2=NS(=O)(=O)c3cc(C4CCCS4(=O)=O)ccc3N2)=C(O)C2C([C@@H]3CC[C@H]2C3)N1Cc1ccc(F)cc1. The number of sulfone groups is 1. The van der Waals surface area contributed by atoms with Gasteiger partial charge in [-0.15, -0.1) is 4.40 Å². The monoisotopic (exact) mass is 585 g/mol. The number of fused-ring (bicyclic) bond motifs is 6. The van der Waals surface area contributed by atoms with Gasteiger partial charge in [-0.3, -0.25) is 4.79 Å². The third kappa shape index (κ3) is 3.90. The third-order valence-corrected chi connectivity index (χ3v) is 12.8. The van der Waals surface area contributed by atoms with E-state index in [4.69, 9.17) is 0 Å². The number of nitrogens with zero attached hydrogens (tertiary/aromatic N) is 2. The highest BCUT2D eigenvalue weighted by molar-refractivity contribution is 7.92. The van der Waals surface area contributed by atoms with Crippen LogP contribution in [-0.4, -0.2) is 50.4 Å². The number of hydrogen-bond acceptors (Lipinski definition) is 7. The fourth-order valence-electron chi connectivity index (χ4n) is 7.49. The topological polar surface area (TPSA) is 133 Å². The molecule has 3 fully saturated rings. The first-order valence-electron chi connectivity index (χ1n) is 13.5. The third-order valence-electron chi connectivity index (χ3n) is 9.23. The van der Waals surface area contributed by atoms with E-state index in [1.165, 1.54) is 24.3 Å². The molecule has 0 radical (unpaired) electrons. The number of halogens is 1. The summed E-state index contributed by atoms with van der Waals surface area (Å²) < 4.78 is 69.2. The molecule has 1 saturated heterocycles. The molecule has 7 rings (SSSR count). The molecule has 2 N–H and O–H groups in total. The standard InChI is InChI=1S/C28H28FN3O6S2/c29-19-8-3-15(4-9-19)14-32-25-18-6-5-17(12-18)23(25)26(33)24(28(32)34)27-30-20-10-7-16(13-22(20)40(37,38)31-27)21-2-1-11-39(21,35)36/h3-4,7-10,13,17-18,21,23,25,33H,1-2,5-6,11-12,14H2,(H,30,31)/t17-,18+,21?,23?,25?/m0/s1. The quantitative estimate of drug-likeness (QED) is 0.557. The molecule has 9 nitrogen and oxygen atoms in total. The summed E-state index contributed by atoms with van der Waals surface area (Å²) in [5.74, 6) is -1.20. The zero-order valence-corrected chi connectivity index (χ0v) is 23.1. The van der Waals surface area contributed by atoms with E-state index < -0.39 is 31.0 Å². The average molecular weight is 586 g/mol. The maximum atomic E-state index is 14.0. The van der Waals surface area contributed by atoms with Crippen LogP contribution >= 0.6 is 0 Å². The van der Waals surface area contributed by atoms with Crippen LogP contribution < -0.4 is 5.32 Å². The van der Waals surface area contributed by atoms with Gasteiger partial charge in [0.15, 0.2) is 15.7 Å². The van der Waals surface area contributed by atoms with Crippen molar-refractivity contribution in [1.82, 2.24) is 4.90 Å². The molecule has 40 heavy (non-hydrogen) atoms. The van der Waals surface area contributed by atoms with Gasteiger partial charge in [0.2, 0.25) is 0 Å². The van der Waals surface area contributed by atoms with Crippen LogP contribution in [0.25, 0.3) is 0 Å². The van der Waals surface area contributed by atoms with Crippen LogP contribution in [0.2, 0.25) is 0 Å². The average Bonchev–Trinajstić information content (AvgIpc) is 3.62. The highest BCUT2D eigenvalue weighted by Gasteiger charge is 2.57. The van der Waals surface area contributed by atoms with Crippen molar-refractivity contribution >= 4 is 37.3 Å². The Bertz CT molecular complexity index is 1720. The van der Waals surface area contributed by atoms with Crippen molar-refractivity contribution in [3.63, 3.8) is 0 Å². The first-order valence-corrected chi connectivity index (χ1v) is 16.7. The first-order chi connectivity index (χ1) is 19.0. The number of aliphatic hydroxyl groups is 1. The molecule has 5 aliphatic rings. The van der Waals surface area contributed by atoms with Crippen LogP contribution in [-0.2, 0) is 31.2 Å². The summed E-state index contributed by atoms with van der Waals surface area (Å²) >= 11 is 0. The summed E-state index contributed by atoms with van der Waals surface area (Å²) in [6, 6.07) is 10.1. The van der Waals surface area contributed by atoms with Crippen molar-refractivity contribution in [1.29, 1.82) is 0 Å². The van der Waals surface area contributed by atoms with E-state index in [0.29, 0.717) is 18.4 Å². The van der Waals surface area contributed by atoms with Gasteiger partial charge in [0.1, 0.15) is 22.0 Å². The molecule has 210 valence electrons. The minimum Gasteiger partial charge on any atom is -0.511 e. The van der Waals surface area contributed by atoms with Crippen LogP contribution in [0, 0.1) is 23.6 Å². The van der Waals surface area contributed by atoms with Gasteiger partial charge in [-0.25, -0.2) is 12.8 Å². The number of carbonyl (C=O) groups is 1. The Morgan fingerprint density at radius 2 is 1.77 bits per heavy atom. The number of nitrogens with one attached hydrogen (secondary N) is 1. The Morgan fingerprint density at radius 3 is 2.50 bits per heavy atom. The number of carbonyl (C=O) groups excluding carboxylic acids is 1. The summed E-state index contributed by atoms with van der Waals surface area (Å²) in [5.41, 5.74) is 1.11. The number of aliphatic hydroxyl groups excluding tert-OH is 1. The van der Waals surface area contributed by atoms with E-state index in [1.807, 2.05) is 0 Å². The second-order valence-electron chi connectivity index (χ2n) is 11.5. The van der Waals surface area contributed by atoms with Gasteiger partial charge in [0, 0.05) is 18.5 Å². The van der Waals surface area contributed by atoms with Crippen molar-refractivity contribution in [2.75, 3.05) is 11.1 Å². The fraction of sp³-hybridized carbons (Fsp3) is 0.429. The van der Waals surface area contributed by atoms with Crippen molar-refractivity contribution < 1.29 is 31.1 Å². The minimum atomic E-state index is -4.32. The normalized spacial score (nSPS) is 31.5. The molecule has 3 unspecified atom stereocenters. The summed E-state index contributed by atoms with van der Waals surface area (Å²) in [6.45, 7) is 0.191. The number of sulfonamides is 1. The van der Waals surface area contributed by atoms with E-state index in [9.17, 15) is 31.1 Å². The summed E-state index contributed by atoms with van der Waals surface area (Å²) in [4.78, 5) is 15.5. The molecule has 5 atom stereocenters. The predicted molar refractivity (Wildman–Crippen MR) is 145 cm³/mol. The van der Waals surface area contributed by atoms with Crippen LogP contribution in [0.4, 0.5) is 10.1 Å². The minimum absolute atomic E-state index is 0.0655. The number of anilines is 1. The van der Waals surface area contributed by atoms with E-state index in [0.717, 1.165) is 24.8 Å². The summed E-state index contributed by atoms with van der Waals surface area (Å²) in [5, 5.41) is 13.6. The number of hydrogen-bond donors (Lipinski definition) is 2. The summed E-state index contributed by atoms with van der Waals surface area (Å²) in [6.07, 6.45) is 3.67. The highest BCUT2D eigenvalue weighted by atomic mass is 32.2. The highest BCUT2D eigenvalue weighted by Crippen LogP contribution is 2.55. The van der Waals surface area contributed by atoms with Crippen LogP contribution in [0.3, 0.4) is 0 Å². The molecule has 3 heterocycles. The summed E-state index contributed by atoms with van der Waals surface area (Å²) in [7, 11) is -7.67. The van der Waals surface area contributed by atoms with Gasteiger partial charge >= 0.3 is 0 Å².